The molecule has 5 nitrogen and oxygen atoms in total. The van der Waals surface area contributed by atoms with Gasteiger partial charge in [-0.2, -0.15) is 13.2 Å². The first-order valence-electron chi connectivity index (χ1n) is 6.44. The highest BCUT2D eigenvalue weighted by molar-refractivity contribution is 6.03. The van der Waals surface area contributed by atoms with E-state index in [9.17, 15) is 22.8 Å². The molecule has 0 aliphatic rings. The fourth-order valence-electron chi connectivity index (χ4n) is 1.60. The lowest BCUT2D eigenvalue weighted by Crippen LogP contribution is -2.32. The second-order valence-corrected chi connectivity index (χ2v) is 4.61. The predicted molar refractivity (Wildman–Crippen MR) is 74.2 cm³/mol. The van der Waals surface area contributed by atoms with Crippen LogP contribution in [0, 0.1) is 0 Å². The second kappa shape index (κ2) is 7.79. The van der Waals surface area contributed by atoms with Crippen LogP contribution in [0.15, 0.2) is 24.3 Å². The highest BCUT2D eigenvalue weighted by Crippen LogP contribution is 2.30. The zero-order valence-corrected chi connectivity index (χ0v) is 12.2. The zero-order chi connectivity index (χ0) is 16.8. The summed E-state index contributed by atoms with van der Waals surface area (Å²) in [5.41, 5.74) is -0.874. The van der Waals surface area contributed by atoms with Crippen LogP contribution in [0.5, 0.6) is 0 Å². The second-order valence-electron chi connectivity index (χ2n) is 4.61. The van der Waals surface area contributed by atoms with Crippen molar-refractivity contribution < 1.29 is 27.5 Å². The van der Waals surface area contributed by atoms with Gasteiger partial charge in [-0.05, 0) is 18.2 Å². The number of methoxy groups -OCH3 is 1. The number of benzene rings is 1. The molecule has 0 spiro atoms. The number of carbonyl (C=O) groups excluding carboxylic acids is 2. The highest BCUT2D eigenvalue weighted by atomic mass is 19.4. The molecule has 0 saturated carbocycles. The van der Waals surface area contributed by atoms with E-state index in [1.165, 1.54) is 31.2 Å². The van der Waals surface area contributed by atoms with E-state index in [0.717, 1.165) is 12.1 Å². The number of carbonyl (C=O) groups is 2. The predicted octanol–water partition coefficient (Wildman–Crippen LogP) is 2.14. The lowest BCUT2D eigenvalue weighted by atomic mass is 10.2. The number of alkyl halides is 3. The Morgan fingerprint density at radius 2 is 2.00 bits per heavy atom. The van der Waals surface area contributed by atoms with Crippen molar-refractivity contribution in [1.29, 1.82) is 0 Å². The van der Waals surface area contributed by atoms with E-state index < -0.39 is 30.0 Å². The third kappa shape index (κ3) is 5.72. The van der Waals surface area contributed by atoms with E-state index in [0.29, 0.717) is 13.2 Å². The molecule has 22 heavy (non-hydrogen) atoms. The molecular formula is C14H17F3N2O3. The van der Waals surface area contributed by atoms with Crippen LogP contribution in [-0.4, -0.2) is 44.0 Å². The Bertz CT molecular complexity index is 532. The van der Waals surface area contributed by atoms with Crippen molar-refractivity contribution in [3.63, 3.8) is 0 Å². The number of ether oxygens (including phenoxy) is 1. The molecule has 0 heterocycles. The zero-order valence-electron chi connectivity index (χ0n) is 12.2. The average molecular weight is 318 g/mol. The van der Waals surface area contributed by atoms with E-state index in [-0.39, 0.29) is 5.69 Å². The van der Waals surface area contributed by atoms with Crippen molar-refractivity contribution in [2.24, 2.45) is 0 Å². The minimum atomic E-state index is -4.49. The van der Waals surface area contributed by atoms with Gasteiger partial charge < -0.3 is 15.0 Å². The van der Waals surface area contributed by atoms with Gasteiger partial charge in [0.25, 0.3) is 0 Å². The third-order valence-electron chi connectivity index (χ3n) is 2.84. The summed E-state index contributed by atoms with van der Waals surface area (Å²) in [4.78, 5) is 24.7. The monoisotopic (exact) mass is 318 g/mol. The van der Waals surface area contributed by atoms with Gasteiger partial charge in [0.05, 0.1) is 12.2 Å². The lowest BCUT2D eigenvalue weighted by molar-refractivity contribution is -0.138. The summed E-state index contributed by atoms with van der Waals surface area (Å²) in [6.07, 6.45) is -4.94. The number of nitrogens with zero attached hydrogens (tertiary/aromatic N) is 1. The van der Waals surface area contributed by atoms with Crippen molar-refractivity contribution in [3.8, 4) is 0 Å². The molecule has 0 radical (unpaired) electrons. The summed E-state index contributed by atoms with van der Waals surface area (Å²) < 4.78 is 42.5. The van der Waals surface area contributed by atoms with Crippen molar-refractivity contribution in [2.45, 2.75) is 12.6 Å². The maximum Gasteiger partial charge on any atom is 0.416 e. The Balaban J connectivity index is 2.60. The van der Waals surface area contributed by atoms with E-state index >= 15 is 0 Å². The molecule has 1 N–H and O–H groups in total. The Morgan fingerprint density at radius 1 is 1.32 bits per heavy atom. The molecule has 0 atom stereocenters. The van der Waals surface area contributed by atoms with Gasteiger partial charge in [-0.3, -0.25) is 9.59 Å². The molecule has 0 aliphatic heterocycles. The van der Waals surface area contributed by atoms with Crippen molar-refractivity contribution in [3.05, 3.63) is 29.8 Å². The lowest BCUT2D eigenvalue weighted by Gasteiger charge is -2.16. The van der Waals surface area contributed by atoms with Crippen LogP contribution < -0.4 is 5.32 Å². The summed E-state index contributed by atoms with van der Waals surface area (Å²) in [5.74, 6) is -1.12. The molecule has 0 bridgehead atoms. The maximum absolute atomic E-state index is 12.6. The van der Waals surface area contributed by atoms with E-state index in [1.807, 2.05) is 0 Å². The van der Waals surface area contributed by atoms with Gasteiger partial charge in [-0.25, -0.2) is 0 Å². The first kappa shape index (κ1) is 18.0. The van der Waals surface area contributed by atoms with Crippen LogP contribution in [0.1, 0.15) is 12.0 Å². The molecule has 122 valence electrons. The first-order valence-corrected chi connectivity index (χ1v) is 6.44. The van der Waals surface area contributed by atoms with Crippen molar-refractivity contribution in [1.82, 2.24) is 4.90 Å². The molecule has 1 aromatic rings. The van der Waals surface area contributed by atoms with Crippen LogP contribution in [0.4, 0.5) is 18.9 Å². The largest absolute Gasteiger partial charge is 0.416 e. The summed E-state index contributed by atoms with van der Waals surface area (Å²) in [7, 11) is 3.00. The number of likely N-dealkylation sites (N-methyl/N-ethyl adjacent to an activating group) is 1. The standard InChI is InChI=1S/C14H17F3N2O3/c1-19(6-7-22-2)13(21)9-12(20)18-11-5-3-4-10(8-11)14(15,16)17/h3-5,8H,6-7,9H2,1-2H3,(H,18,20). The molecular weight excluding hydrogens is 301 g/mol. The minimum absolute atomic E-state index is 0.00725. The summed E-state index contributed by atoms with van der Waals surface area (Å²) in [5, 5.41) is 2.28. The minimum Gasteiger partial charge on any atom is -0.383 e. The first-order chi connectivity index (χ1) is 10.2. The smallest absolute Gasteiger partial charge is 0.383 e. The Hall–Kier alpha value is -2.09. The number of rotatable bonds is 6. The fraction of sp³-hybridized carbons (Fsp3) is 0.429. The summed E-state index contributed by atoms with van der Waals surface area (Å²) >= 11 is 0. The van der Waals surface area contributed by atoms with Gasteiger partial charge in [-0.15, -0.1) is 0 Å². The van der Waals surface area contributed by atoms with E-state index in [4.69, 9.17) is 4.74 Å². The van der Waals surface area contributed by atoms with Gasteiger partial charge in [0.2, 0.25) is 11.8 Å². The number of hydrogen-bond acceptors (Lipinski definition) is 3. The van der Waals surface area contributed by atoms with Crippen LogP contribution in [0.3, 0.4) is 0 Å². The van der Waals surface area contributed by atoms with Crippen LogP contribution in [0.25, 0.3) is 0 Å². The highest BCUT2D eigenvalue weighted by Gasteiger charge is 2.30. The average Bonchev–Trinajstić information content (AvgIpc) is 2.43. The van der Waals surface area contributed by atoms with Gasteiger partial charge in [0, 0.05) is 26.4 Å². The summed E-state index contributed by atoms with van der Waals surface area (Å²) in [6.45, 7) is 0.656. The number of hydrogen-bond donors (Lipinski definition) is 1. The van der Waals surface area contributed by atoms with Crippen LogP contribution >= 0.6 is 0 Å². The molecule has 0 unspecified atom stereocenters. The molecule has 2 amide bonds. The molecule has 1 aromatic carbocycles. The summed E-state index contributed by atoms with van der Waals surface area (Å²) in [6, 6.07) is 4.23. The van der Waals surface area contributed by atoms with Gasteiger partial charge in [-0.1, -0.05) is 6.07 Å². The number of nitrogens with one attached hydrogen (secondary N) is 1. The number of amides is 2. The van der Waals surface area contributed by atoms with Crippen LogP contribution in [0.2, 0.25) is 0 Å². The van der Waals surface area contributed by atoms with Crippen molar-refractivity contribution in [2.75, 3.05) is 32.6 Å². The van der Waals surface area contributed by atoms with Crippen LogP contribution in [-0.2, 0) is 20.5 Å². The molecule has 0 saturated heterocycles. The Labute approximate surface area is 126 Å². The Kier molecular flexibility index (Phi) is 6.36. The fourth-order valence-corrected chi connectivity index (χ4v) is 1.60. The van der Waals surface area contributed by atoms with Gasteiger partial charge in [0.1, 0.15) is 6.42 Å². The van der Waals surface area contributed by atoms with Crippen molar-refractivity contribution >= 4 is 17.5 Å². The topological polar surface area (TPSA) is 58.6 Å². The van der Waals surface area contributed by atoms with Gasteiger partial charge >= 0.3 is 6.18 Å². The molecule has 8 heteroatoms. The Morgan fingerprint density at radius 3 is 2.59 bits per heavy atom. The SMILES string of the molecule is COCCN(C)C(=O)CC(=O)Nc1cccc(C(F)(F)F)c1. The number of anilines is 1. The maximum atomic E-state index is 12.6. The number of halogens is 3. The van der Waals surface area contributed by atoms with E-state index in [2.05, 4.69) is 5.32 Å². The quantitative estimate of drug-likeness (QED) is 0.818. The molecule has 1 rings (SSSR count). The normalized spacial score (nSPS) is 11.1. The molecule has 0 fully saturated rings. The third-order valence-corrected chi connectivity index (χ3v) is 2.84. The molecule has 0 aromatic heterocycles. The molecule has 0 aliphatic carbocycles. The van der Waals surface area contributed by atoms with E-state index in [1.54, 1.807) is 0 Å². The van der Waals surface area contributed by atoms with Gasteiger partial charge in [0.15, 0.2) is 0 Å².